The highest BCUT2D eigenvalue weighted by Crippen LogP contribution is 2.35. The number of hydrogen-bond acceptors (Lipinski definition) is 6. The van der Waals surface area contributed by atoms with Crippen molar-refractivity contribution in [2.24, 2.45) is 0 Å². The van der Waals surface area contributed by atoms with Crippen LogP contribution in [0.1, 0.15) is 13.3 Å². The van der Waals surface area contributed by atoms with Crippen molar-refractivity contribution in [2.75, 3.05) is 17.6 Å². The van der Waals surface area contributed by atoms with Crippen molar-refractivity contribution >= 4 is 23.4 Å². The highest BCUT2D eigenvalue weighted by atomic mass is 32.2. The molecule has 0 aliphatic carbocycles. The molecule has 7 nitrogen and oxygen atoms in total. The molecule has 0 saturated carbocycles. The Hall–Kier alpha value is -2.30. The predicted molar refractivity (Wildman–Crippen MR) is 83.9 cm³/mol. The lowest BCUT2D eigenvalue weighted by atomic mass is 10.2. The van der Waals surface area contributed by atoms with Crippen LogP contribution >= 0.6 is 11.8 Å². The molecule has 3 aromatic heterocycles. The van der Waals surface area contributed by atoms with E-state index in [1.165, 1.54) is 17.0 Å². The van der Waals surface area contributed by atoms with E-state index in [1.54, 1.807) is 6.20 Å². The third-order valence-corrected chi connectivity index (χ3v) is 4.17. The maximum Gasteiger partial charge on any atom is 0.398 e. The van der Waals surface area contributed by atoms with Gasteiger partial charge in [0.15, 0.2) is 5.65 Å². The van der Waals surface area contributed by atoms with Crippen LogP contribution in [0, 0.1) is 0 Å². The van der Waals surface area contributed by atoms with E-state index >= 15 is 0 Å². The molecule has 0 bridgehead atoms. The van der Waals surface area contributed by atoms with Crippen LogP contribution in [0.4, 0.5) is 19.1 Å². The molecule has 0 spiro atoms. The van der Waals surface area contributed by atoms with Crippen LogP contribution in [-0.2, 0) is 0 Å². The lowest BCUT2D eigenvalue weighted by Crippen LogP contribution is -2.11. The molecule has 0 fully saturated rings. The summed E-state index contributed by atoms with van der Waals surface area (Å²) in [6.07, 6.45) is 1.09. The Bertz CT molecular complexity index is 813. The molecular formula is C13H14F3N7S. The Morgan fingerprint density at radius 1 is 1.38 bits per heavy atom. The Morgan fingerprint density at radius 2 is 2.21 bits per heavy atom. The van der Waals surface area contributed by atoms with E-state index in [2.05, 4.69) is 30.6 Å². The summed E-state index contributed by atoms with van der Waals surface area (Å²) in [7, 11) is 0. The van der Waals surface area contributed by atoms with E-state index in [-0.39, 0.29) is 0 Å². The first kappa shape index (κ1) is 16.6. The number of rotatable bonds is 6. The minimum Gasteiger partial charge on any atom is -0.353 e. The number of fused-ring (bicyclic) bond motifs is 1. The van der Waals surface area contributed by atoms with E-state index in [0.29, 0.717) is 46.1 Å². The van der Waals surface area contributed by atoms with Crippen LogP contribution in [0.15, 0.2) is 23.6 Å². The highest BCUT2D eigenvalue weighted by Gasteiger charge is 2.29. The number of halogens is 3. The summed E-state index contributed by atoms with van der Waals surface area (Å²) >= 11 is 0.639. The van der Waals surface area contributed by atoms with Gasteiger partial charge >= 0.3 is 6.18 Å². The average Bonchev–Trinajstić information content (AvgIpc) is 3.18. The number of alkyl halides is 3. The van der Waals surface area contributed by atoms with Crippen molar-refractivity contribution in [3.05, 3.63) is 18.7 Å². The van der Waals surface area contributed by atoms with Crippen molar-refractivity contribution in [1.29, 1.82) is 0 Å². The average molecular weight is 357 g/mol. The summed E-state index contributed by atoms with van der Waals surface area (Å²) in [5.41, 5.74) is 1.31. The van der Waals surface area contributed by atoms with Crippen molar-refractivity contribution in [1.82, 2.24) is 29.8 Å². The van der Waals surface area contributed by atoms with Gasteiger partial charge in [0.25, 0.3) is 0 Å². The fraction of sp³-hybridized carbons (Fsp3) is 0.385. The summed E-state index contributed by atoms with van der Waals surface area (Å²) in [5, 5.41) is 13.7. The molecule has 128 valence electrons. The molecule has 0 aliphatic rings. The van der Waals surface area contributed by atoms with Crippen LogP contribution in [0.3, 0.4) is 0 Å². The third kappa shape index (κ3) is 3.61. The van der Waals surface area contributed by atoms with Crippen molar-refractivity contribution in [3.8, 4) is 11.3 Å². The Morgan fingerprint density at radius 3 is 2.88 bits per heavy atom. The molecule has 0 saturated heterocycles. The molecule has 2 N–H and O–H groups in total. The van der Waals surface area contributed by atoms with Gasteiger partial charge in [0.2, 0.25) is 5.95 Å². The number of H-pyrrole nitrogens is 1. The molecule has 24 heavy (non-hydrogen) atoms. The molecule has 0 atom stereocenters. The van der Waals surface area contributed by atoms with Crippen LogP contribution in [0.5, 0.6) is 0 Å². The molecule has 0 unspecified atom stereocenters. The summed E-state index contributed by atoms with van der Waals surface area (Å²) in [6, 6.07) is 0. The standard InChI is InChI=1S/C13H14F3N7S/c1-2-3-17-12-21-11-10(24-6-13(14,15)16)9(8-4-19-20-5-8)18-7-23(11)22-12/h4-5,7H,2-3,6H2,1H3,(H,17,22)(H,19,20). The van der Waals surface area contributed by atoms with Gasteiger partial charge in [0.05, 0.1) is 22.5 Å². The molecule has 3 aromatic rings. The molecular weight excluding hydrogens is 343 g/mol. The molecule has 0 radical (unpaired) electrons. The quantitative estimate of drug-likeness (QED) is 0.660. The van der Waals surface area contributed by atoms with Crippen molar-refractivity contribution in [3.63, 3.8) is 0 Å². The zero-order chi connectivity index (χ0) is 17.2. The van der Waals surface area contributed by atoms with Crippen LogP contribution in [0.2, 0.25) is 0 Å². The maximum atomic E-state index is 12.7. The monoisotopic (exact) mass is 357 g/mol. The highest BCUT2D eigenvalue weighted by molar-refractivity contribution is 7.99. The third-order valence-electron chi connectivity index (χ3n) is 3.03. The second-order valence-corrected chi connectivity index (χ2v) is 5.93. The number of aromatic amines is 1. The first-order chi connectivity index (χ1) is 11.5. The summed E-state index contributed by atoms with van der Waals surface area (Å²) in [5.74, 6) is -0.680. The van der Waals surface area contributed by atoms with Gasteiger partial charge in [-0.05, 0) is 6.42 Å². The zero-order valence-electron chi connectivity index (χ0n) is 12.6. The second-order valence-electron chi connectivity index (χ2n) is 4.94. The predicted octanol–water partition coefficient (Wildman–Crippen LogP) is 2.99. The summed E-state index contributed by atoms with van der Waals surface area (Å²) < 4.78 is 39.4. The van der Waals surface area contributed by atoms with Gasteiger partial charge in [0, 0.05) is 18.3 Å². The Labute approximate surface area is 139 Å². The van der Waals surface area contributed by atoms with Crippen LogP contribution in [0.25, 0.3) is 16.9 Å². The lowest BCUT2D eigenvalue weighted by molar-refractivity contribution is -0.105. The van der Waals surface area contributed by atoms with Gasteiger partial charge in [-0.1, -0.05) is 6.92 Å². The number of aromatic nitrogens is 6. The Balaban J connectivity index is 2.05. The minimum atomic E-state index is -4.30. The fourth-order valence-corrected chi connectivity index (χ4v) is 2.90. The Kier molecular flexibility index (Phi) is 4.60. The van der Waals surface area contributed by atoms with Gasteiger partial charge in [-0.25, -0.2) is 4.98 Å². The first-order valence-corrected chi connectivity index (χ1v) is 8.14. The van der Waals surface area contributed by atoms with Crippen LogP contribution in [-0.4, -0.2) is 48.3 Å². The van der Waals surface area contributed by atoms with Gasteiger partial charge in [-0.15, -0.1) is 16.9 Å². The van der Waals surface area contributed by atoms with Gasteiger partial charge in [-0.2, -0.15) is 27.8 Å². The fourth-order valence-electron chi connectivity index (χ4n) is 2.02. The van der Waals surface area contributed by atoms with E-state index in [1.807, 2.05) is 6.92 Å². The maximum absolute atomic E-state index is 12.7. The minimum absolute atomic E-state index is 0.313. The molecule has 0 aromatic carbocycles. The van der Waals surface area contributed by atoms with Crippen molar-refractivity contribution in [2.45, 2.75) is 24.4 Å². The number of hydrogen-bond donors (Lipinski definition) is 2. The molecule has 0 amide bonds. The van der Waals surface area contributed by atoms with Crippen molar-refractivity contribution < 1.29 is 13.2 Å². The SMILES string of the molecule is CCCNc1nc2c(SCC(F)(F)F)c(-c3cn[nH]c3)ncn2n1. The number of anilines is 1. The molecule has 0 aliphatic heterocycles. The summed E-state index contributed by atoms with van der Waals surface area (Å²) in [4.78, 5) is 8.84. The van der Waals surface area contributed by atoms with Gasteiger partial charge in [-0.3, -0.25) is 5.10 Å². The smallest absolute Gasteiger partial charge is 0.353 e. The lowest BCUT2D eigenvalue weighted by Gasteiger charge is -2.09. The largest absolute Gasteiger partial charge is 0.398 e. The van der Waals surface area contributed by atoms with Crippen LogP contribution < -0.4 is 5.32 Å². The number of nitrogens with zero attached hydrogens (tertiary/aromatic N) is 5. The normalized spacial score (nSPS) is 12.0. The summed E-state index contributed by atoms with van der Waals surface area (Å²) in [6.45, 7) is 2.66. The van der Waals surface area contributed by atoms with E-state index in [4.69, 9.17) is 0 Å². The molecule has 11 heteroatoms. The second kappa shape index (κ2) is 6.67. The number of nitrogens with one attached hydrogen (secondary N) is 2. The molecule has 3 rings (SSSR count). The van der Waals surface area contributed by atoms with E-state index in [9.17, 15) is 13.2 Å². The van der Waals surface area contributed by atoms with Gasteiger partial charge < -0.3 is 5.32 Å². The van der Waals surface area contributed by atoms with E-state index < -0.39 is 11.9 Å². The first-order valence-electron chi connectivity index (χ1n) is 7.16. The van der Waals surface area contributed by atoms with Gasteiger partial charge in [0.1, 0.15) is 6.33 Å². The van der Waals surface area contributed by atoms with E-state index in [0.717, 1.165) is 6.42 Å². The zero-order valence-corrected chi connectivity index (χ0v) is 13.4. The number of thioether (sulfide) groups is 1. The topological polar surface area (TPSA) is 83.8 Å². The molecule has 3 heterocycles.